The van der Waals surface area contributed by atoms with E-state index in [2.05, 4.69) is 36.2 Å². The fourth-order valence-corrected chi connectivity index (χ4v) is 2.86. The third kappa shape index (κ3) is 8.37. The van der Waals surface area contributed by atoms with Crippen molar-refractivity contribution in [2.75, 3.05) is 23.3 Å². The van der Waals surface area contributed by atoms with Crippen LogP contribution in [0.3, 0.4) is 0 Å². The number of anilines is 2. The van der Waals surface area contributed by atoms with Crippen molar-refractivity contribution < 1.29 is 4.79 Å². The maximum absolute atomic E-state index is 11.6. The standard InChI is InChI=1S/C21H36N2O/c1-4-7-9-10-12-17-23(16-11-8-5-2)20-15-13-14-19(18-20)22-21(24)6-3/h13-15,18H,4-12,16-17H2,1-3H3,(H,22,24). The lowest BCUT2D eigenvalue weighted by Gasteiger charge is -2.25. The monoisotopic (exact) mass is 332 g/mol. The first kappa shape index (κ1) is 20.5. The fourth-order valence-electron chi connectivity index (χ4n) is 2.86. The summed E-state index contributed by atoms with van der Waals surface area (Å²) in [5, 5.41) is 2.97. The van der Waals surface area contributed by atoms with Gasteiger partial charge in [-0.3, -0.25) is 4.79 Å². The Kier molecular flexibility index (Phi) is 11.0. The van der Waals surface area contributed by atoms with Gasteiger partial charge in [-0.15, -0.1) is 0 Å². The van der Waals surface area contributed by atoms with E-state index in [4.69, 9.17) is 0 Å². The zero-order chi connectivity index (χ0) is 17.6. The van der Waals surface area contributed by atoms with Crippen LogP contribution in [0.1, 0.15) is 78.6 Å². The summed E-state index contributed by atoms with van der Waals surface area (Å²) in [6.45, 7) is 8.60. The molecule has 3 heteroatoms. The molecule has 3 nitrogen and oxygen atoms in total. The van der Waals surface area contributed by atoms with Crippen LogP contribution < -0.4 is 10.2 Å². The van der Waals surface area contributed by atoms with Gasteiger partial charge < -0.3 is 10.2 Å². The van der Waals surface area contributed by atoms with Crippen LogP contribution in [0.5, 0.6) is 0 Å². The zero-order valence-corrected chi connectivity index (χ0v) is 15.9. The van der Waals surface area contributed by atoms with Crippen LogP contribution in [-0.4, -0.2) is 19.0 Å². The molecule has 0 heterocycles. The van der Waals surface area contributed by atoms with Crippen molar-refractivity contribution in [3.63, 3.8) is 0 Å². The first-order valence-electron chi connectivity index (χ1n) is 9.86. The number of carbonyl (C=O) groups excluding carboxylic acids is 1. The number of hydrogen-bond acceptors (Lipinski definition) is 2. The minimum Gasteiger partial charge on any atom is -0.371 e. The third-order valence-electron chi connectivity index (χ3n) is 4.38. The molecule has 24 heavy (non-hydrogen) atoms. The molecule has 0 aliphatic heterocycles. The molecule has 136 valence electrons. The van der Waals surface area contributed by atoms with Crippen LogP contribution in [0.15, 0.2) is 24.3 Å². The fraction of sp³-hybridized carbons (Fsp3) is 0.667. The van der Waals surface area contributed by atoms with Gasteiger partial charge in [0, 0.05) is 30.9 Å². The van der Waals surface area contributed by atoms with Gasteiger partial charge >= 0.3 is 0 Å². The molecule has 0 aliphatic carbocycles. The van der Waals surface area contributed by atoms with Gasteiger partial charge in [-0.2, -0.15) is 0 Å². The molecule has 0 radical (unpaired) electrons. The van der Waals surface area contributed by atoms with Crippen LogP contribution in [0.25, 0.3) is 0 Å². The SMILES string of the molecule is CCCCCCCN(CCCCC)c1cccc(NC(=O)CC)c1. The topological polar surface area (TPSA) is 32.3 Å². The summed E-state index contributed by atoms with van der Waals surface area (Å²) in [6, 6.07) is 8.30. The van der Waals surface area contributed by atoms with Gasteiger partial charge in [-0.05, 0) is 31.0 Å². The quantitative estimate of drug-likeness (QED) is 0.449. The lowest BCUT2D eigenvalue weighted by molar-refractivity contribution is -0.115. The van der Waals surface area contributed by atoms with E-state index in [0.29, 0.717) is 6.42 Å². The van der Waals surface area contributed by atoms with E-state index in [0.717, 1.165) is 18.8 Å². The van der Waals surface area contributed by atoms with Crippen molar-refractivity contribution in [3.8, 4) is 0 Å². The van der Waals surface area contributed by atoms with E-state index in [-0.39, 0.29) is 5.91 Å². The van der Waals surface area contributed by atoms with Gasteiger partial charge in [0.15, 0.2) is 0 Å². The zero-order valence-electron chi connectivity index (χ0n) is 15.9. The third-order valence-corrected chi connectivity index (χ3v) is 4.38. The number of nitrogens with one attached hydrogen (secondary N) is 1. The molecular formula is C21H36N2O. The number of carbonyl (C=O) groups is 1. The Labute approximate surface area is 148 Å². The summed E-state index contributed by atoms with van der Waals surface area (Å²) in [7, 11) is 0. The maximum Gasteiger partial charge on any atom is 0.224 e. The minimum absolute atomic E-state index is 0.0734. The molecule has 1 N–H and O–H groups in total. The number of hydrogen-bond donors (Lipinski definition) is 1. The molecule has 0 saturated heterocycles. The highest BCUT2D eigenvalue weighted by Gasteiger charge is 2.08. The highest BCUT2D eigenvalue weighted by atomic mass is 16.1. The van der Waals surface area contributed by atoms with E-state index in [1.54, 1.807) is 0 Å². The molecule has 0 unspecified atom stereocenters. The largest absolute Gasteiger partial charge is 0.371 e. The summed E-state index contributed by atoms with van der Waals surface area (Å²) < 4.78 is 0. The molecule has 1 amide bonds. The predicted octanol–water partition coefficient (Wildman–Crippen LogP) is 6.00. The summed E-state index contributed by atoms with van der Waals surface area (Å²) in [5.74, 6) is 0.0734. The van der Waals surface area contributed by atoms with Crippen molar-refractivity contribution >= 4 is 17.3 Å². The summed E-state index contributed by atoms with van der Waals surface area (Å²) in [5.41, 5.74) is 2.14. The summed E-state index contributed by atoms with van der Waals surface area (Å²) in [4.78, 5) is 14.1. The van der Waals surface area contributed by atoms with E-state index < -0.39 is 0 Å². The van der Waals surface area contributed by atoms with Crippen molar-refractivity contribution in [1.29, 1.82) is 0 Å². The van der Waals surface area contributed by atoms with Gasteiger partial charge in [0.05, 0.1) is 0 Å². The van der Waals surface area contributed by atoms with Gasteiger partial charge in [0.2, 0.25) is 5.91 Å². The second-order valence-electron chi connectivity index (χ2n) is 6.56. The lowest BCUT2D eigenvalue weighted by atomic mass is 10.1. The van der Waals surface area contributed by atoms with E-state index in [9.17, 15) is 4.79 Å². The number of rotatable bonds is 13. The molecule has 1 rings (SSSR count). The van der Waals surface area contributed by atoms with Crippen molar-refractivity contribution in [2.24, 2.45) is 0 Å². The molecule has 0 aromatic heterocycles. The summed E-state index contributed by atoms with van der Waals surface area (Å²) >= 11 is 0. The van der Waals surface area contributed by atoms with E-state index >= 15 is 0 Å². The van der Waals surface area contributed by atoms with Gasteiger partial charge in [-0.25, -0.2) is 0 Å². The average Bonchev–Trinajstić information content (AvgIpc) is 2.60. The van der Waals surface area contributed by atoms with Gasteiger partial charge in [-0.1, -0.05) is 65.4 Å². The number of unbranched alkanes of at least 4 members (excludes halogenated alkanes) is 6. The number of nitrogens with zero attached hydrogens (tertiary/aromatic N) is 1. The number of benzene rings is 1. The molecule has 0 bridgehead atoms. The van der Waals surface area contributed by atoms with E-state index in [1.165, 1.54) is 57.1 Å². The normalized spacial score (nSPS) is 10.6. The maximum atomic E-state index is 11.6. The summed E-state index contributed by atoms with van der Waals surface area (Å²) in [6.07, 6.45) is 10.8. The Morgan fingerprint density at radius 2 is 1.54 bits per heavy atom. The minimum atomic E-state index is 0.0734. The molecule has 1 aromatic carbocycles. The molecular weight excluding hydrogens is 296 g/mol. The molecule has 0 spiro atoms. The first-order valence-corrected chi connectivity index (χ1v) is 9.86. The number of amides is 1. The predicted molar refractivity (Wildman–Crippen MR) is 106 cm³/mol. The van der Waals surface area contributed by atoms with Crippen molar-refractivity contribution in [1.82, 2.24) is 0 Å². The Bertz CT molecular complexity index is 459. The smallest absolute Gasteiger partial charge is 0.224 e. The average molecular weight is 333 g/mol. The van der Waals surface area contributed by atoms with Crippen LogP contribution in [0.2, 0.25) is 0 Å². The molecule has 0 aliphatic rings. The second-order valence-corrected chi connectivity index (χ2v) is 6.56. The van der Waals surface area contributed by atoms with Crippen LogP contribution in [-0.2, 0) is 4.79 Å². The molecule has 0 atom stereocenters. The van der Waals surface area contributed by atoms with Gasteiger partial charge in [0.1, 0.15) is 0 Å². The Morgan fingerprint density at radius 1 is 0.917 bits per heavy atom. The highest BCUT2D eigenvalue weighted by Crippen LogP contribution is 2.21. The Hall–Kier alpha value is -1.51. The Balaban J connectivity index is 2.65. The van der Waals surface area contributed by atoms with Crippen LogP contribution in [0, 0.1) is 0 Å². The first-order chi connectivity index (χ1) is 11.7. The van der Waals surface area contributed by atoms with E-state index in [1.807, 2.05) is 19.1 Å². The van der Waals surface area contributed by atoms with Gasteiger partial charge in [0.25, 0.3) is 0 Å². The lowest BCUT2D eigenvalue weighted by Crippen LogP contribution is -2.26. The van der Waals surface area contributed by atoms with Crippen molar-refractivity contribution in [3.05, 3.63) is 24.3 Å². The van der Waals surface area contributed by atoms with Crippen LogP contribution >= 0.6 is 0 Å². The van der Waals surface area contributed by atoms with Crippen molar-refractivity contribution in [2.45, 2.75) is 78.6 Å². The molecule has 1 aromatic rings. The highest BCUT2D eigenvalue weighted by molar-refractivity contribution is 5.90. The second kappa shape index (κ2) is 12.9. The Morgan fingerprint density at radius 3 is 2.21 bits per heavy atom. The molecule has 0 fully saturated rings. The van der Waals surface area contributed by atoms with Crippen LogP contribution in [0.4, 0.5) is 11.4 Å². The molecule has 0 saturated carbocycles.